The Labute approximate surface area is 173 Å². The second kappa shape index (κ2) is 8.03. The molecule has 30 heavy (non-hydrogen) atoms. The fraction of sp³-hybridized carbons (Fsp3) is 0.263. The van der Waals surface area contributed by atoms with Crippen LogP contribution in [-0.2, 0) is 29.2 Å². The highest BCUT2D eigenvalue weighted by molar-refractivity contribution is 7.17. The molecule has 0 radical (unpaired) electrons. The maximum atomic E-state index is 12.7. The number of nitrogens with zero attached hydrogens (tertiary/aromatic N) is 2. The Kier molecular flexibility index (Phi) is 5.27. The van der Waals surface area contributed by atoms with Gasteiger partial charge < -0.3 is 20.5 Å². The average Bonchev–Trinajstić information content (AvgIpc) is 3.38. The molecule has 2 aromatic heterocycles. The maximum Gasteiger partial charge on any atom is 0.332 e. The van der Waals surface area contributed by atoms with Crippen molar-refractivity contribution in [2.24, 2.45) is 5.73 Å². The van der Waals surface area contributed by atoms with Crippen LogP contribution in [0.1, 0.15) is 12.0 Å². The number of ether oxygens (including phenoxy) is 2. The Morgan fingerprint density at radius 1 is 1.13 bits per heavy atom. The third kappa shape index (κ3) is 3.79. The van der Waals surface area contributed by atoms with Crippen molar-refractivity contribution >= 4 is 33.4 Å². The molecular formula is C19H18N4O6S. The van der Waals surface area contributed by atoms with Gasteiger partial charge in [-0.15, -0.1) is 11.3 Å². The molecule has 3 heterocycles. The summed E-state index contributed by atoms with van der Waals surface area (Å²) in [7, 11) is 0. The molecule has 156 valence electrons. The van der Waals surface area contributed by atoms with Crippen molar-refractivity contribution in [3.05, 3.63) is 56.0 Å². The van der Waals surface area contributed by atoms with Gasteiger partial charge in [-0.1, -0.05) is 6.07 Å². The average molecular weight is 430 g/mol. The third-order valence-corrected chi connectivity index (χ3v) is 5.53. The Morgan fingerprint density at radius 2 is 1.93 bits per heavy atom. The predicted octanol–water partition coefficient (Wildman–Crippen LogP) is 0.145. The molecule has 0 saturated carbocycles. The van der Waals surface area contributed by atoms with Gasteiger partial charge in [0.05, 0.1) is 5.52 Å². The zero-order valence-corrected chi connectivity index (χ0v) is 16.6. The predicted molar refractivity (Wildman–Crippen MR) is 109 cm³/mol. The number of rotatable bonds is 7. The summed E-state index contributed by atoms with van der Waals surface area (Å²) >= 11 is 1.16. The summed E-state index contributed by atoms with van der Waals surface area (Å²) < 4.78 is 13.0. The maximum absolute atomic E-state index is 12.7. The summed E-state index contributed by atoms with van der Waals surface area (Å²) in [6, 6.07) is 6.95. The molecule has 0 fully saturated rings. The van der Waals surface area contributed by atoms with E-state index in [1.54, 1.807) is 23.6 Å². The molecule has 10 nitrogen and oxygen atoms in total. The molecule has 0 unspecified atom stereocenters. The lowest BCUT2D eigenvalue weighted by atomic mass is 10.2. The zero-order chi connectivity index (χ0) is 21.3. The Morgan fingerprint density at radius 3 is 2.73 bits per heavy atom. The molecule has 3 N–H and O–H groups in total. The lowest BCUT2D eigenvalue weighted by molar-refractivity contribution is -0.121. The molecule has 11 heteroatoms. The highest BCUT2D eigenvalue weighted by atomic mass is 32.1. The van der Waals surface area contributed by atoms with E-state index in [2.05, 4.69) is 5.32 Å². The summed E-state index contributed by atoms with van der Waals surface area (Å²) in [4.78, 5) is 48.9. The van der Waals surface area contributed by atoms with Crippen LogP contribution >= 0.6 is 11.3 Å². The number of aromatic nitrogens is 2. The van der Waals surface area contributed by atoms with Crippen LogP contribution in [0.25, 0.3) is 10.2 Å². The lowest BCUT2D eigenvalue weighted by Crippen LogP contribution is -2.42. The van der Waals surface area contributed by atoms with Crippen LogP contribution in [0.15, 0.2) is 39.2 Å². The van der Waals surface area contributed by atoms with Gasteiger partial charge in [0.15, 0.2) is 11.5 Å². The number of nitrogens with two attached hydrogens (primary N) is 1. The van der Waals surface area contributed by atoms with Gasteiger partial charge in [-0.3, -0.25) is 23.5 Å². The van der Waals surface area contributed by atoms with Crippen molar-refractivity contribution in [2.45, 2.75) is 26.1 Å². The second-order valence-electron chi connectivity index (χ2n) is 6.64. The largest absolute Gasteiger partial charge is 0.454 e. The molecule has 1 aromatic carbocycles. The van der Waals surface area contributed by atoms with Crippen molar-refractivity contribution in [3.63, 3.8) is 0 Å². The molecule has 3 aromatic rings. The van der Waals surface area contributed by atoms with E-state index in [0.717, 1.165) is 26.0 Å². The van der Waals surface area contributed by atoms with E-state index in [1.165, 1.54) is 0 Å². The molecule has 0 spiro atoms. The number of benzene rings is 1. The first-order valence-corrected chi connectivity index (χ1v) is 9.96. The van der Waals surface area contributed by atoms with Gasteiger partial charge in [0, 0.05) is 19.5 Å². The van der Waals surface area contributed by atoms with Gasteiger partial charge in [-0.25, -0.2) is 4.79 Å². The zero-order valence-electron chi connectivity index (χ0n) is 15.8. The Bertz CT molecular complexity index is 1260. The quantitative estimate of drug-likeness (QED) is 0.548. The van der Waals surface area contributed by atoms with Gasteiger partial charge in [0.25, 0.3) is 5.56 Å². The van der Waals surface area contributed by atoms with E-state index >= 15 is 0 Å². The van der Waals surface area contributed by atoms with E-state index in [0.29, 0.717) is 21.7 Å². The van der Waals surface area contributed by atoms with Crippen LogP contribution in [0, 0.1) is 0 Å². The van der Waals surface area contributed by atoms with Crippen molar-refractivity contribution in [1.82, 2.24) is 14.5 Å². The smallest absolute Gasteiger partial charge is 0.332 e. The highest BCUT2D eigenvalue weighted by Gasteiger charge is 2.17. The van der Waals surface area contributed by atoms with E-state index in [9.17, 15) is 19.2 Å². The number of carbonyl (C=O) groups excluding carboxylic acids is 2. The normalized spacial score (nSPS) is 12.3. The fourth-order valence-electron chi connectivity index (χ4n) is 3.19. The number of fused-ring (bicyclic) bond motifs is 2. The molecule has 2 amide bonds. The molecule has 1 aliphatic rings. The van der Waals surface area contributed by atoms with E-state index in [-0.39, 0.29) is 38.8 Å². The van der Waals surface area contributed by atoms with Gasteiger partial charge in [0.1, 0.15) is 11.2 Å². The molecule has 0 aliphatic carbocycles. The summed E-state index contributed by atoms with van der Waals surface area (Å²) in [5, 5.41) is 4.41. The number of hydrogen-bond donors (Lipinski definition) is 2. The monoisotopic (exact) mass is 430 g/mol. The van der Waals surface area contributed by atoms with Gasteiger partial charge in [0.2, 0.25) is 18.6 Å². The second-order valence-corrected chi connectivity index (χ2v) is 7.56. The van der Waals surface area contributed by atoms with Crippen LogP contribution in [-0.4, -0.2) is 27.7 Å². The molecular weight excluding hydrogens is 412 g/mol. The minimum Gasteiger partial charge on any atom is -0.454 e. The summed E-state index contributed by atoms with van der Waals surface area (Å²) in [6.45, 7) is -0.0259. The molecule has 0 atom stereocenters. The van der Waals surface area contributed by atoms with E-state index in [1.807, 2.05) is 6.07 Å². The number of thiophene rings is 1. The number of primary amides is 1. The van der Waals surface area contributed by atoms with Crippen molar-refractivity contribution < 1.29 is 19.1 Å². The van der Waals surface area contributed by atoms with Crippen molar-refractivity contribution in [3.8, 4) is 11.5 Å². The molecule has 0 bridgehead atoms. The summed E-state index contributed by atoms with van der Waals surface area (Å²) in [5.74, 6) is 0.246. The van der Waals surface area contributed by atoms with Gasteiger partial charge >= 0.3 is 5.69 Å². The van der Waals surface area contributed by atoms with Crippen molar-refractivity contribution in [1.29, 1.82) is 0 Å². The number of carbonyl (C=O) groups is 2. The first kappa shape index (κ1) is 19.7. The van der Waals surface area contributed by atoms with E-state index < -0.39 is 17.2 Å². The highest BCUT2D eigenvalue weighted by Crippen LogP contribution is 2.32. The molecule has 4 rings (SSSR count). The van der Waals surface area contributed by atoms with Crippen molar-refractivity contribution in [2.75, 3.05) is 6.79 Å². The fourth-order valence-corrected chi connectivity index (χ4v) is 4.04. The minimum absolute atomic E-state index is 0.0762. The summed E-state index contributed by atoms with van der Waals surface area (Å²) in [6.07, 6.45) is -0.0762. The summed E-state index contributed by atoms with van der Waals surface area (Å²) in [5.41, 5.74) is 5.25. The van der Waals surface area contributed by atoms with Gasteiger partial charge in [-0.2, -0.15) is 0 Å². The molecule has 0 saturated heterocycles. The number of nitrogens with one attached hydrogen (secondary N) is 1. The van der Waals surface area contributed by atoms with Crippen LogP contribution in [0.3, 0.4) is 0 Å². The van der Waals surface area contributed by atoms with Crippen LogP contribution in [0.4, 0.5) is 0 Å². The van der Waals surface area contributed by atoms with E-state index in [4.69, 9.17) is 15.2 Å². The number of hydrogen-bond acceptors (Lipinski definition) is 7. The molecule has 1 aliphatic heterocycles. The SMILES string of the molecule is NC(=O)Cn1c(=O)n(CCC(=O)NCc2ccc3c(c2)OCO3)c(=O)c2sccc21. The Balaban J connectivity index is 1.46. The topological polar surface area (TPSA) is 135 Å². The Hall–Kier alpha value is -3.60. The first-order valence-electron chi connectivity index (χ1n) is 9.08. The third-order valence-electron chi connectivity index (χ3n) is 4.64. The van der Waals surface area contributed by atoms with Crippen LogP contribution < -0.4 is 31.8 Å². The minimum atomic E-state index is -0.698. The van der Waals surface area contributed by atoms with Crippen LogP contribution in [0.5, 0.6) is 11.5 Å². The van der Waals surface area contributed by atoms with Crippen LogP contribution in [0.2, 0.25) is 0 Å². The first-order chi connectivity index (χ1) is 14.4. The van der Waals surface area contributed by atoms with Gasteiger partial charge in [-0.05, 0) is 29.1 Å². The standard InChI is InChI=1S/C19H18N4O6S/c20-15(24)9-23-12-4-6-30-17(12)18(26)22(19(23)27)5-3-16(25)21-8-11-1-2-13-14(7-11)29-10-28-13/h1-2,4,6-7H,3,5,8-10H2,(H2,20,24)(H,21,25). The number of amides is 2. The lowest BCUT2D eigenvalue weighted by Gasteiger charge is -2.11.